The Kier molecular flexibility index (Phi) is 5.26. The van der Waals surface area contributed by atoms with Gasteiger partial charge in [-0.25, -0.2) is 9.13 Å². The molecule has 0 bridgehead atoms. The smallest absolute Gasteiger partial charge is 0.248 e. The van der Waals surface area contributed by atoms with E-state index in [1.807, 2.05) is 59.2 Å². The third kappa shape index (κ3) is 3.91. The van der Waals surface area contributed by atoms with Crippen LogP contribution in [-0.2, 0) is 7.05 Å². The highest BCUT2D eigenvalue weighted by Crippen LogP contribution is 2.21. The number of phenolic OH excluding ortho intramolecular Hbond substituents is 1. The minimum absolute atomic E-state index is 0. The van der Waals surface area contributed by atoms with Crippen molar-refractivity contribution in [3.8, 4) is 11.4 Å². The fourth-order valence-electron chi connectivity index (χ4n) is 1.93. The number of aromatic hydroxyl groups is 1. The summed E-state index contributed by atoms with van der Waals surface area (Å²) in [6.07, 6.45) is 5.97. The largest absolute Gasteiger partial charge is 1.00 e. The van der Waals surface area contributed by atoms with Gasteiger partial charge in [0.15, 0.2) is 0 Å². The van der Waals surface area contributed by atoms with Crippen LogP contribution in [0.1, 0.15) is 0 Å². The Hall–Kier alpha value is -2.22. The molecule has 5 nitrogen and oxygen atoms in total. The van der Waals surface area contributed by atoms with Gasteiger partial charge in [0.2, 0.25) is 6.33 Å². The molecule has 3 aromatic rings. The van der Waals surface area contributed by atoms with Gasteiger partial charge in [-0.05, 0) is 48.5 Å². The van der Waals surface area contributed by atoms with Crippen LogP contribution in [0.2, 0.25) is 0 Å². The van der Waals surface area contributed by atoms with Crippen molar-refractivity contribution >= 4 is 11.4 Å². The van der Waals surface area contributed by atoms with Gasteiger partial charge in [0.05, 0.1) is 18.4 Å². The predicted octanol–water partition coefficient (Wildman–Crippen LogP) is 0.427. The number of aryl methyl sites for hydroxylation is 1. The maximum Gasteiger partial charge on any atom is 0.248 e. The highest BCUT2D eigenvalue weighted by Gasteiger charge is 2.03. The van der Waals surface area contributed by atoms with Gasteiger partial charge in [0.25, 0.3) is 0 Å². The predicted molar refractivity (Wildman–Crippen MR) is 79.2 cm³/mol. The Balaban J connectivity index is 0.00000176. The molecular weight excluding hydrogens is 391 g/mol. The standard InChI is InChI=1S/C16H14N4O.HI/c1-19-10-11-20(12-19)15-6-2-13(3-7-15)17-18-14-4-8-16(21)9-5-14;/h2-12H,1H3;1H. The average molecular weight is 406 g/mol. The number of hydrogen-bond acceptors (Lipinski definition) is 3. The molecule has 0 atom stereocenters. The summed E-state index contributed by atoms with van der Waals surface area (Å²) in [5, 5.41) is 17.5. The summed E-state index contributed by atoms with van der Waals surface area (Å²) in [4.78, 5) is 0. The van der Waals surface area contributed by atoms with Crippen LogP contribution >= 0.6 is 0 Å². The molecule has 22 heavy (non-hydrogen) atoms. The number of aromatic nitrogens is 2. The van der Waals surface area contributed by atoms with Crippen molar-refractivity contribution in [2.75, 3.05) is 0 Å². The van der Waals surface area contributed by atoms with Gasteiger partial charge in [-0.3, -0.25) is 0 Å². The second kappa shape index (κ2) is 7.17. The normalized spacial score (nSPS) is 10.6. The Morgan fingerprint density at radius 1 is 0.909 bits per heavy atom. The first kappa shape index (κ1) is 16.2. The zero-order valence-corrected chi connectivity index (χ0v) is 14.1. The average Bonchev–Trinajstić information content (AvgIpc) is 2.94. The van der Waals surface area contributed by atoms with E-state index in [0.717, 1.165) is 11.4 Å². The second-order valence-electron chi connectivity index (χ2n) is 4.72. The summed E-state index contributed by atoms with van der Waals surface area (Å²) >= 11 is 0. The first-order valence-electron chi connectivity index (χ1n) is 6.55. The molecule has 6 heteroatoms. The third-order valence-corrected chi connectivity index (χ3v) is 3.05. The van der Waals surface area contributed by atoms with Crippen LogP contribution in [0.15, 0.2) is 77.5 Å². The first-order chi connectivity index (χ1) is 10.2. The molecule has 2 aromatic carbocycles. The van der Waals surface area contributed by atoms with Gasteiger partial charge in [-0.2, -0.15) is 10.2 Å². The number of benzene rings is 2. The lowest BCUT2D eigenvalue weighted by Crippen LogP contribution is -3.00. The van der Waals surface area contributed by atoms with Crippen molar-refractivity contribution in [2.24, 2.45) is 17.3 Å². The van der Waals surface area contributed by atoms with Gasteiger partial charge in [0.1, 0.15) is 23.8 Å². The maximum absolute atomic E-state index is 9.21. The van der Waals surface area contributed by atoms with E-state index in [1.54, 1.807) is 24.3 Å². The molecule has 0 amide bonds. The van der Waals surface area contributed by atoms with Crippen molar-refractivity contribution in [2.45, 2.75) is 0 Å². The number of halogens is 1. The summed E-state index contributed by atoms with van der Waals surface area (Å²) in [7, 11) is 1.98. The van der Waals surface area contributed by atoms with E-state index in [1.165, 1.54) is 0 Å². The minimum atomic E-state index is 0. The topological polar surface area (TPSA) is 53.8 Å². The lowest BCUT2D eigenvalue weighted by atomic mass is 10.3. The van der Waals surface area contributed by atoms with Crippen molar-refractivity contribution in [3.05, 3.63) is 67.3 Å². The SMILES string of the molecule is C[n+]1ccn(-c2ccc(N=Nc3ccc(O)cc3)cc2)c1.[I-]. The molecule has 0 aliphatic rings. The zero-order valence-electron chi connectivity index (χ0n) is 12.0. The van der Waals surface area contributed by atoms with Crippen molar-refractivity contribution in [3.63, 3.8) is 0 Å². The molecule has 0 fully saturated rings. The van der Waals surface area contributed by atoms with Crippen LogP contribution in [0.25, 0.3) is 5.69 Å². The molecule has 112 valence electrons. The minimum Gasteiger partial charge on any atom is -1.00 e. The molecule has 1 heterocycles. The van der Waals surface area contributed by atoms with Gasteiger partial charge in [-0.15, -0.1) is 0 Å². The summed E-state index contributed by atoms with van der Waals surface area (Å²) in [6.45, 7) is 0. The van der Waals surface area contributed by atoms with Crippen LogP contribution in [-0.4, -0.2) is 9.67 Å². The fraction of sp³-hybridized carbons (Fsp3) is 0.0625. The number of hydrogen-bond donors (Lipinski definition) is 1. The molecule has 0 saturated heterocycles. The quantitative estimate of drug-likeness (QED) is 0.383. The van der Waals surface area contributed by atoms with Gasteiger partial charge < -0.3 is 29.1 Å². The fourth-order valence-corrected chi connectivity index (χ4v) is 1.93. The highest BCUT2D eigenvalue weighted by molar-refractivity contribution is 5.45. The van der Waals surface area contributed by atoms with Gasteiger partial charge >= 0.3 is 0 Å². The number of phenols is 1. The number of rotatable bonds is 3. The number of nitrogens with zero attached hydrogens (tertiary/aromatic N) is 4. The Bertz CT molecular complexity index is 764. The van der Waals surface area contributed by atoms with Gasteiger partial charge in [0, 0.05) is 0 Å². The molecular formula is C16H15IN4O. The van der Waals surface area contributed by atoms with Crippen molar-refractivity contribution in [1.82, 2.24) is 4.57 Å². The Morgan fingerprint density at radius 2 is 1.45 bits per heavy atom. The van der Waals surface area contributed by atoms with Crippen LogP contribution in [0.4, 0.5) is 11.4 Å². The van der Waals surface area contributed by atoms with E-state index < -0.39 is 0 Å². The summed E-state index contributed by atoms with van der Waals surface area (Å²) in [6, 6.07) is 14.4. The van der Waals surface area contributed by atoms with E-state index in [2.05, 4.69) is 10.2 Å². The molecule has 0 unspecified atom stereocenters. The van der Waals surface area contributed by atoms with Crippen LogP contribution in [0, 0.1) is 0 Å². The van der Waals surface area contributed by atoms with E-state index in [4.69, 9.17) is 0 Å². The van der Waals surface area contributed by atoms with E-state index in [9.17, 15) is 5.11 Å². The van der Waals surface area contributed by atoms with Gasteiger partial charge in [-0.1, -0.05) is 0 Å². The summed E-state index contributed by atoms with van der Waals surface area (Å²) in [5.74, 6) is 0.221. The first-order valence-corrected chi connectivity index (χ1v) is 6.55. The molecule has 3 rings (SSSR count). The van der Waals surface area contributed by atoms with Crippen LogP contribution < -0.4 is 28.5 Å². The maximum atomic E-state index is 9.21. The molecule has 1 N–H and O–H groups in total. The molecule has 0 radical (unpaired) electrons. The molecule has 1 aromatic heterocycles. The molecule has 0 aliphatic carbocycles. The van der Waals surface area contributed by atoms with E-state index in [0.29, 0.717) is 5.69 Å². The zero-order chi connectivity index (χ0) is 14.7. The van der Waals surface area contributed by atoms with E-state index in [-0.39, 0.29) is 29.7 Å². The summed E-state index contributed by atoms with van der Waals surface area (Å²) < 4.78 is 4.01. The molecule has 0 saturated carbocycles. The van der Waals surface area contributed by atoms with Crippen LogP contribution in [0.3, 0.4) is 0 Å². The van der Waals surface area contributed by atoms with Crippen molar-refractivity contribution < 1.29 is 33.7 Å². The Morgan fingerprint density at radius 3 is 1.95 bits per heavy atom. The molecule has 0 spiro atoms. The summed E-state index contributed by atoms with van der Waals surface area (Å²) in [5.41, 5.74) is 2.55. The van der Waals surface area contributed by atoms with Crippen LogP contribution in [0.5, 0.6) is 5.75 Å². The van der Waals surface area contributed by atoms with Crippen molar-refractivity contribution in [1.29, 1.82) is 0 Å². The number of azo groups is 1. The third-order valence-electron chi connectivity index (χ3n) is 3.05. The second-order valence-corrected chi connectivity index (χ2v) is 4.72. The number of imidazole rings is 1. The lowest BCUT2D eigenvalue weighted by molar-refractivity contribution is -0.670. The highest BCUT2D eigenvalue weighted by atomic mass is 127. The Labute approximate surface area is 145 Å². The lowest BCUT2D eigenvalue weighted by Gasteiger charge is -1.97. The molecule has 0 aliphatic heterocycles. The van der Waals surface area contributed by atoms with E-state index >= 15 is 0 Å². The monoisotopic (exact) mass is 406 g/mol.